The Bertz CT molecular complexity index is 1400. The van der Waals surface area contributed by atoms with Crippen LogP contribution in [0.5, 0.6) is 17.2 Å². The molecule has 0 bridgehead atoms. The summed E-state index contributed by atoms with van der Waals surface area (Å²) in [6, 6.07) is 21.3. The fourth-order valence-electron chi connectivity index (χ4n) is 4.86. The summed E-state index contributed by atoms with van der Waals surface area (Å²) in [5.74, 6) is 1.48. The van der Waals surface area contributed by atoms with Gasteiger partial charge in [0.15, 0.2) is 0 Å². The SMILES string of the molecule is CC1(COCCCCOc2ccc(N=Nc3ccc(OC(=O)c4ccc(OCCCCOCC5(C)COC5)cc4)cc3)cc2)COC1. The van der Waals surface area contributed by atoms with Crippen molar-refractivity contribution in [1.82, 2.24) is 0 Å². The van der Waals surface area contributed by atoms with Crippen LogP contribution in [0.3, 0.4) is 0 Å². The number of benzene rings is 3. The summed E-state index contributed by atoms with van der Waals surface area (Å²) in [7, 11) is 0. The van der Waals surface area contributed by atoms with E-state index in [0.29, 0.717) is 48.3 Å². The zero-order valence-corrected chi connectivity index (χ0v) is 27.5. The summed E-state index contributed by atoms with van der Waals surface area (Å²) in [5, 5.41) is 8.58. The molecule has 252 valence electrons. The Balaban J connectivity index is 0.943. The molecule has 2 fully saturated rings. The molecule has 10 heteroatoms. The molecule has 5 rings (SSSR count). The molecule has 0 aromatic heterocycles. The number of hydrogen-bond donors (Lipinski definition) is 0. The maximum absolute atomic E-state index is 12.6. The minimum absolute atomic E-state index is 0.182. The maximum Gasteiger partial charge on any atom is 0.343 e. The lowest BCUT2D eigenvalue weighted by molar-refractivity contribution is -0.138. The molecule has 2 aliphatic rings. The van der Waals surface area contributed by atoms with Crippen molar-refractivity contribution >= 4 is 17.3 Å². The van der Waals surface area contributed by atoms with Gasteiger partial charge in [0.25, 0.3) is 0 Å². The van der Waals surface area contributed by atoms with Crippen LogP contribution in [0.15, 0.2) is 83.0 Å². The van der Waals surface area contributed by atoms with Gasteiger partial charge in [-0.05, 0) is 98.5 Å². The van der Waals surface area contributed by atoms with Gasteiger partial charge in [-0.1, -0.05) is 13.8 Å². The van der Waals surface area contributed by atoms with E-state index in [9.17, 15) is 4.79 Å². The van der Waals surface area contributed by atoms with Crippen LogP contribution in [0.4, 0.5) is 11.4 Å². The second-order valence-electron chi connectivity index (χ2n) is 12.9. The van der Waals surface area contributed by atoms with Crippen molar-refractivity contribution < 1.29 is 38.0 Å². The van der Waals surface area contributed by atoms with Crippen LogP contribution in [0.1, 0.15) is 49.9 Å². The molecule has 0 atom stereocenters. The maximum atomic E-state index is 12.6. The predicted octanol–water partition coefficient (Wildman–Crippen LogP) is 7.75. The Morgan fingerprint density at radius 2 is 1.00 bits per heavy atom. The molecule has 2 saturated heterocycles. The number of carbonyl (C=O) groups excluding carboxylic acids is 1. The molecular formula is C37H46N2O8. The van der Waals surface area contributed by atoms with Crippen LogP contribution in [0.2, 0.25) is 0 Å². The second kappa shape index (κ2) is 17.4. The van der Waals surface area contributed by atoms with Crippen molar-refractivity contribution in [3.63, 3.8) is 0 Å². The Hall–Kier alpha value is -3.83. The van der Waals surface area contributed by atoms with Gasteiger partial charge in [0.05, 0.1) is 69.8 Å². The first-order chi connectivity index (χ1) is 22.9. The van der Waals surface area contributed by atoms with Crippen LogP contribution in [0.25, 0.3) is 0 Å². The summed E-state index contributed by atoms with van der Waals surface area (Å²) in [6.07, 6.45) is 3.70. The Morgan fingerprint density at radius 1 is 0.596 bits per heavy atom. The number of nitrogens with zero attached hydrogens (tertiary/aromatic N) is 2. The van der Waals surface area contributed by atoms with Gasteiger partial charge in [-0.15, -0.1) is 0 Å². The lowest BCUT2D eigenvalue weighted by Gasteiger charge is -2.37. The number of unbranched alkanes of at least 4 members (excludes halogenated alkanes) is 2. The third-order valence-electron chi connectivity index (χ3n) is 7.86. The molecule has 0 spiro atoms. The van der Waals surface area contributed by atoms with Gasteiger partial charge in [-0.25, -0.2) is 4.79 Å². The van der Waals surface area contributed by atoms with Crippen molar-refractivity contribution in [2.75, 3.05) is 66.1 Å². The Labute approximate surface area is 277 Å². The number of esters is 1. The summed E-state index contributed by atoms with van der Waals surface area (Å²) in [6.45, 7) is 11.7. The Morgan fingerprint density at radius 3 is 1.43 bits per heavy atom. The van der Waals surface area contributed by atoms with Gasteiger partial charge in [0, 0.05) is 24.0 Å². The molecule has 10 nitrogen and oxygen atoms in total. The average molecular weight is 647 g/mol. The van der Waals surface area contributed by atoms with Gasteiger partial charge in [-0.2, -0.15) is 10.2 Å². The molecule has 2 aliphatic heterocycles. The average Bonchev–Trinajstić information content (AvgIpc) is 3.06. The molecule has 3 aromatic rings. The van der Waals surface area contributed by atoms with Crippen molar-refractivity contribution in [2.24, 2.45) is 21.1 Å². The predicted molar refractivity (Wildman–Crippen MR) is 177 cm³/mol. The normalized spacial score (nSPS) is 16.3. The lowest BCUT2D eigenvalue weighted by Crippen LogP contribution is -2.43. The highest BCUT2D eigenvalue weighted by Gasteiger charge is 2.34. The molecule has 0 unspecified atom stereocenters. The number of azo groups is 1. The van der Waals surface area contributed by atoms with E-state index in [1.165, 1.54) is 0 Å². The van der Waals surface area contributed by atoms with E-state index in [2.05, 4.69) is 24.1 Å². The lowest BCUT2D eigenvalue weighted by atomic mass is 9.90. The molecule has 0 radical (unpaired) electrons. The molecule has 0 N–H and O–H groups in total. The van der Waals surface area contributed by atoms with Gasteiger partial charge >= 0.3 is 5.97 Å². The highest BCUT2D eigenvalue weighted by Crippen LogP contribution is 2.28. The first-order valence-electron chi connectivity index (χ1n) is 16.4. The van der Waals surface area contributed by atoms with Gasteiger partial charge < -0.3 is 33.2 Å². The van der Waals surface area contributed by atoms with Crippen molar-refractivity contribution in [3.8, 4) is 17.2 Å². The van der Waals surface area contributed by atoms with E-state index < -0.39 is 5.97 Å². The summed E-state index contributed by atoms with van der Waals surface area (Å²) < 4.78 is 39.1. The monoisotopic (exact) mass is 646 g/mol. The minimum atomic E-state index is -0.446. The standard InChI is InChI=1S/C37H46N2O8/c1-36(25-43-26-36)23-41-19-3-5-21-45-32-13-7-29(8-14-32)35(40)47-34-17-11-31(12-18-34)39-38-30-9-15-33(16-10-30)46-22-6-4-20-42-24-37(2)27-44-28-37/h7-18H,3-6,19-28H2,1-2H3. The number of carbonyl (C=O) groups is 1. The second-order valence-corrected chi connectivity index (χ2v) is 12.9. The highest BCUT2D eigenvalue weighted by atomic mass is 16.5. The highest BCUT2D eigenvalue weighted by molar-refractivity contribution is 5.91. The third-order valence-corrected chi connectivity index (χ3v) is 7.86. The Kier molecular flexibility index (Phi) is 12.7. The smallest absolute Gasteiger partial charge is 0.343 e. The third kappa shape index (κ3) is 11.4. The number of hydrogen-bond acceptors (Lipinski definition) is 10. The van der Waals surface area contributed by atoms with E-state index in [4.69, 9.17) is 33.2 Å². The fraction of sp³-hybridized carbons (Fsp3) is 0.486. The molecule has 3 aromatic carbocycles. The molecule has 0 amide bonds. The van der Waals surface area contributed by atoms with E-state index in [0.717, 1.165) is 77.7 Å². The van der Waals surface area contributed by atoms with Gasteiger partial charge in [0.1, 0.15) is 17.2 Å². The zero-order valence-electron chi connectivity index (χ0n) is 27.5. The molecule has 0 saturated carbocycles. The summed E-state index contributed by atoms with van der Waals surface area (Å²) in [4.78, 5) is 12.6. The van der Waals surface area contributed by atoms with Crippen molar-refractivity contribution in [1.29, 1.82) is 0 Å². The summed E-state index contributed by atoms with van der Waals surface area (Å²) in [5.41, 5.74) is 2.16. The van der Waals surface area contributed by atoms with Crippen LogP contribution in [-0.4, -0.2) is 72.0 Å². The molecule has 2 heterocycles. The van der Waals surface area contributed by atoms with Crippen LogP contribution >= 0.6 is 0 Å². The first kappa shape index (κ1) is 34.5. The van der Waals surface area contributed by atoms with Gasteiger partial charge in [0.2, 0.25) is 0 Å². The van der Waals surface area contributed by atoms with E-state index >= 15 is 0 Å². The fourth-order valence-corrected chi connectivity index (χ4v) is 4.86. The number of ether oxygens (including phenoxy) is 7. The molecule has 0 aliphatic carbocycles. The van der Waals surface area contributed by atoms with E-state index in [1.807, 2.05) is 24.3 Å². The van der Waals surface area contributed by atoms with Crippen molar-refractivity contribution in [2.45, 2.75) is 39.5 Å². The molecular weight excluding hydrogens is 600 g/mol. The van der Waals surface area contributed by atoms with Gasteiger partial charge in [-0.3, -0.25) is 0 Å². The first-order valence-corrected chi connectivity index (χ1v) is 16.4. The minimum Gasteiger partial charge on any atom is -0.494 e. The quantitative estimate of drug-likeness (QED) is 0.0531. The molecule has 47 heavy (non-hydrogen) atoms. The van der Waals surface area contributed by atoms with Crippen LogP contribution in [-0.2, 0) is 18.9 Å². The van der Waals surface area contributed by atoms with Crippen LogP contribution in [0, 0.1) is 10.8 Å². The van der Waals surface area contributed by atoms with E-state index in [1.54, 1.807) is 48.5 Å². The topological polar surface area (TPSA) is 106 Å². The van der Waals surface area contributed by atoms with Crippen LogP contribution < -0.4 is 14.2 Å². The summed E-state index contributed by atoms with van der Waals surface area (Å²) >= 11 is 0. The number of rotatable bonds is 20. The zero-order chi connectivity index (χ0) is 32.8. The van der Waals surface area contributed by atoms with E-state index in [-0.39, 0.29) is 10.8 Å². The largest absolute Gasteiger partial charge is 0.494 e. The van der Waals surface area contributed by atoms with Crippen molar-refractivity contribution in [3.05, 3.63) is 78.4 Å².